The van der Waals surface area contributed by atoms with Gasteiger partial charge in [0.1, 0.15) is 17.5 Å². The Bertz CT molecular complexity index is 743. The van der Waals surface area contributed by atoms with Gasteiger partial charge in [0.2, 0.25) is 0 Å². The summed E-state index contributed by atoms with van der Waals surface area (Å²) in [5, 5.41) is 6.99. The van der Waals surface area contributed by atoms with Crippen LogP contribution >= 0.6 is 0 Å². The number of para-hydroxylation sites is 2. The van der Waals surface area contributed by atoms with Crippen molar-refractivity contribution in [3.8, 4) is 0 Å². The summed E-state index contributed by atoms with van der Waals surface area (Å²) < 4.78 is 27.4. The average molecular weight is 343 g/mol. The molecule has 3 nitrogen and oxygen atoms in total. The third-order valence-electron chi connectivity index (χ3n) is 4.90. The molecule has 3 rings (SSSR count). The van der Waals surface area contributed by atoms with E-state index in [0.717, 1.165) is 49.0 Å². The first-order valence-corrected chi connectivity index (χ1v) is 8.61. The van der Waals surface area contributed by atoms with Gasteiger partial charge in [0.25, 0.3) is 0 Å². The van der Waals surface area contributed by atoms with E-state index in [9.17, 15) is 8.78 Å². The number of anilines is 2. The molecule has 0 atom stereocenters. The number of rotatable bonds is 4. The summed E-state index contributed by atoms with van der Waals surface area (Å²) in [6.07, 6.45) is 6.23. The van der Waals surface area contributed by atoms with Gasteiger partial charge in [-0.05, 0) is 31.1 Å². The molecular weight excluding hydrogens is 320 g/mol. The molecule has 1 aromatic rings. The molecule has 132 valence electrons. The van der Waals surface area contributed by atoms with Crippen LogP contribution in [-0.2, 0) is 0 Å². The molecule has 25 heavy (non-hydrogen) atoms. The average Bonchev–Trinajstić information content (AvgIpc) is 2.62. The Hall–Kier alpha value is -2.43. The summed E-state index contributed by atoms with van der Waals surface area (Å²) in [5.74, 6) is -0.802. The van der Waals surface area contributed by atoms with Gasteiger partial charge in [0, 0.05) is 5.57 Å². The Morgan fingerprint density at radius 2 is 1.84 bits per heavy atom. The minimum atomic E-state index is -0.816. The van der Waals surface area contributed by atoms with Crippen LogP contribution in [0.4, 0.5) is 20.2 Å². The predicted octanol–water partition coefficient (Wildman–Crippen LogP) is 5.52. The summed E-state index contributed by atoms with van der Waals surface area (Å²) in [5.41, 5.74) is 1.49. The van der Waals surface area contributed by atoms with Gasteiger partial charge < -0.3 is 10.6 Å². The second-order valence-electron chi connectivity index (χ2n) is 6.54. The lowest BCUT2D eigenvalue weighted by molar-refractivity contribution is 0.403. The van der Waals surface area contributed by atoms with E-state index >= 15 is 0 Å². The first-order valence-electron chi connectivity index (χ1n) is 8.61. The van der Waals surface area contributed by atoms with Crippen LogP contribution in [0.15, 0.2) is 65.7 Å². The molecule has 1 aliphatic heterocycles. The molecule has 1 saturated carbocycles. The predicted molar refractivity (Wildman–Crippen MR) is 100 cm³/mol. The molecule has 0 bridgehead atoms. The maximum absolute atomic E-state index is 13.8. The first kappa shape index (κ1) is 17.4. The monoisotopic (exact) mass is 343 g/mol. The lowest BCUT2D eigenvalue weighted by atomic mass is 9.79. The zero-order valence-electron chi connectivity index (χ0n) is 14.2. The van der Waals surface area contributed by atoms with Gasteiger partial charge in [0.15, 0.2) is 0 Å². The molecule has 2 N–H and O–H groups in total. The second-order valence-corrected chi connectivity index (χ2v) is 6.54. The quantitative estimate of drug-likeness (QED) is 0.706. The number of halogens is 2. The normalized spacial score (nSPS) is 21.0. The molecule has 0 saturated heterocycles. The van der Waals surface area contributed by atoms with Gasteiger partial charge in [-0.15, -0.1) is 0 Å². The van der Waals surface area contributed by atoms with E-state index in [1.807, 2.05) is 24.3 Å². The van der Waals surface area contributed by atoms with Gasteiger partial charge in [-0.3, -0.25) is 4.99 Å². The Morgan fingerprint density at radius 3 is 2.48 bits per heavy atom. The lowest BCUT2D eigenvalue weighted by Gasteiger charge is -2.44. The highest BCUT2D eigenvalue weighted by Gasteiger charge is 2.40. The van der Waals surface area contributed by atoms with E-state index < -0.39 is 11.7 Å². The van der Waals surface area contributed by atoms with Crippen molar-refractivity contribution in [1.29, 1.82) is 0 Å². The fourth-order valence-electron chi connectivity index (χ4n) is 3.55. The number of nitrogens with zero attached hydrogens (tertiary/aromatic N) is 1. The number of fused-ring (bicyclic) bond motifs is 1. The van der Waals surface area contributed by atoms with Crippen molar-refractivity contribution in [3.05, 3.63) is 60.7 Å². The molecule has 1 heterocycles. The smallest absolute Gasteiger partial charge is 0.130 e. The van der Waals surface area contributed by atoms with Gasteiger partial charge >= 0.3 is 0 Å². The number of aliphatic imine (C=N–C) groups is 1. The Kier molecular flexibility index (Phi) is 5.02. The van der Waals surface area contributed by atoms with Crippen molar-refractivity contribution < 1.29 is 8.78 Å². The molecule has 0 amide bonds. The van der Waals surface area contributed by atoms with Gasteiger partial charge in [-0.25, -0.2) is 8.78 Å². The van der Waals surface area contributed by atoms with Crippen LogP contribution in [0.25, 0.3) is 0 Å². The topological polar surface area (TPSA) is 36.4 Å². The van der Waals surface area contributed by atoms with E-state index in [1.165, 1.54) is 6.42 Å². The van der Waals surface area contributed by atoms with Crippen LogP contribution in [0.1, 0.15) is 32.1 Å². The van der Waals surface area contributed by atoms with Crippen molar-refractivity contribution in [3.63, 3.8) is 0 Å². The molecule has 0 aromatic heterocycles. The van der Waals surface area contributed by atoms with Crippen LogP contribution < -0.4 is 10.6 Å². The summed E-state index contributed by atoms with van der Waals surface area (Å²) in [6, 6.07) is 7.92. The fourth-order valence-corrected chi connectivity index (χ4v) is 3.55. The third-order valence-corrected chi connectivity index (χ3v) is 4.90. The van der Waals surface area contributed by atoms with E-state index in [-0.39, 0.29) is 17.7 Å². The van der Waals surface area contributed by atoms with Crippen LogP contribution in [0.5, 0.6) is 0 Å². The molecule has 0 unspecified atom stereocenters. The first-order chi connectivity index (χ1) is 12.1. The van der Waals surface area contributed by atoms with Crippen LogP contribution in [0.3, 0.4) is 0 Å². The summed E-state index contributed by atoms with van der Waals surface area (Å²) in [6.45, 7) is 6.46. The molecule has 1 aromatic carbocycles. The minimum absolute atomic E-state index is 0.110. The molecule has 2 aliphatic rings. The zero-order valence-corrected chi connectivity index (χ0v) is 14.2. The Labute approximate surface area is 147 Å². The number of hydrogen-bond donors (Lipinski definition) is 2. The molecule has 1 spiro atoms. The van der Waals surface area contributed by atoms with Crippen LogP contribution in [0.2, 0.25) is 0 Å². The van der Waals surface area contributed by atoms with Gasteiger partial charge in [-0.2, -0.15) is 0 Å². The maximum Gasteiger partial charge on any atom is 0.130 e. The highest BCUT2D eigenvalue weighted by molar-refractivity contribution is 6.09. The Morgan fingerprint density at radius 1 is 1.16 bits per heavy atom. The van der Waals surface area contributed by atoms with Gasteiger partial charge in [-0.1, -0.05) is 44.6 Å². The molecule has 0 radical (unpaired) electrons. The molecule has 5 heteroatoms. The van der Waals surface area contributed by atoms with Crippen molar-refractivity contribution in [1.82, 2.24) is 0 Å². The number of hydrogen-bond acceptors (Lipinski definition) is 2. The Balaban J connectivity index is 1.96. The summed E-state index contributed by atoms with van der Waals surface area (Å²) in [7, 11) is 0. The molecule has 1 fully saturated rings. The number of amidine groups is 1. The van der Waals surface area contributed by atoms with E-state index in [2.05, 4.69) is 28.8 Å². The highest BCUT2D eigenvalue weighted by atomic mass is 19.1. The molecule has 1 aliphatic carbocycles. The van der Waals surface area contributed by atoms with E-state index in [1.54, 1.807) is 0 Å². The van der Waals surface area contributed by atoms with Crippen LogP contribution in [0, 0.1) is 0 Å². The fraction of sp³-hybridized carbons (Fsp3) is 0.350. The van der Waals surface area contributed by atoms with Crippen molar-refractivity contribution in [2.45, 2.75) is 37.6 Å². The lowest BCUT2D eigenvalue weighted by Crippen LogP contribution is -2.53. The number of nitrogens with one attached hydrogen (secondary N) is 2. The maximum atomic E-state index is 13.8. The second kappa shape index (κ2) is 7.21. The standard InChI is InChI=1S/C20H23F2N3/c1-3-16(22)15(14(2)21)13-23-19-20(11-7-4-8-12-20)25-18-10-6-5-9-17(18)24-19/h3,5-6,9-10,25H,1-2,4,7-8,11-13H2,(H,23,24)/b16-15+. The third kappa shape index (κ3) is 3.50. The SMILES string of the molecule is C=C/C(F)=C(/CN=C1Nc2ccccc2NC12CCCCC2)C(=C)F. The van der Waals surface area contributed by atoms with Crippen molar-refractivity contribution in [2.24, 2.45) is 4.99 Å². The van der Waals surface area contributed by atoms with Crippen molar-refractivity contribution >= 4 is 17.2 Å². The zero-order chi connectivity index (χ0) is 17.9. The summed E-state index contributed by atoms with van der Waals surface area (Å²) in [4.78, 5) is 4.55. The van der Waals surface area contributed by atoms with Crippen LogP contribution in [-0.4, -0.2) is 17.9 Å². The van der Waals surface area contributed by atoms with Crippen molar-refractivity contribution in [2.75, 3.05) is 17.2 Å². The molecular formula is C20H23F2N3. The largest absolute Gasteiger partial charge is 0.371 e. The highest BCUT2D eigenvalue weighted by Crippen LogP contribution is 2.39. The number of benzene rings is 1. The minimum Gasteiger partial charge on any atom is -0.371 e. The van der Waals surface area contributed by atoms with E-state index in [0.29, 0.717) is 0 Å². The number of allylic oxidation sites excluding steroid dienone is 2. The van der Waals surface area contributed by atoms with E-state index in [4.69, 9.17) is 0 Å². The summed E-state index contributed by atoms with van der Waals surface area (Å²) >= 11 is 0. The van der Waals surface area contributed by atoms with Gasteiger partial charge in [0.05, 0.1) is 23.5 Å².